The number of amidine groups is 1. The third-order valence-electron chi connectivity index (χ3n) is 1.84. The lowest BCUT2D eigenvalue weighted by Gasteiger charge is -2.19. The Balaban J connectivity index is 0.00000324. The molecule has 0 radical (unpaired) electrons. The van der Waals surface area contributed by atoms with Gasteiger partial charge in [-0.1, -0.05) is 0 Å². The fourth-order valence-electron chi connectivity index (χ4n) is 1.16. The Morgan fingerprint density at radius 3 is 2.68 bits per heavy atom. The molecule has 1 aromatic heterocycles. The number of nitrogens with one attached hydrogen (secondary N) is 2. The molecule has 1 amide bonds. The van der Waals surface area contributed by atoms with Crippen LogP contribution in [0.15, 0.2) is 18.5 Å². The number of hydrogen-bond donors (Lipinski definition) is 2. The minimum absolute atomic E-state index is 0. The Kier molecular flexibility index (Phi) is 5.96. The molecule has 0 unspecified atom stereocenters. The number of nitriles is 1. The molecule has 102 valence electrons. The van der Waals surface area contributed by atoms with E-state index in [1.807, 2.05) is 6.07 Å². The van der Waals surface area contributed by atoms with Crippen LogP contribution in [-0.4, -0.2) is 22.5 Å². The number of amides is 1. The lowest BCUT2D eigenvalue weighted by atomic mass is 10.1. The van der Waals surface area contributed by atoms with Gasteiger partial charge in [-0.15, -0.1) is 12.4 Å². The summed E-state index contributed by atoms with van der Waals surface area (Å²) >= 11 is 0. The van der Waals surface area contributed by atoms with Gasteiger partial charge in [0.1, 0.15) is 17.5 Å². The van der Waals surface area contributed by atoms with E-state index in [9.17, 15) is 4.79 Å². The van der Waals surface area contributed by atoms with Gasteiger partial charge in [0, 0.05) is 12.4 Å². The summed E-state index contributed by atoms with van der Waals surface area (Å²) in [6, 6.07) is 3.40. The average molecular weight is 283 g/mol. The van der Waals surface area contributed by atoms with E-state index >= 15 is 0 Å². The van der Waals surface area contributed by atoms with Crippen molar-refractivity contribution < 1.29 is 9.53 Å². The first-order chi connectivity index (χ1) is 8.33. The normalized spacial score (nSPS) is 9.79. The molecule has 1 heterocycles. The zero-order chi connectivity index (χ0) is 13.8. The summed E-state index contributed by atoms with van der Waals surface area (Å²) in [6.45, 7) is 5.17. The van der Waals surface area contributed by atoms with Crippen molar-refractivity contribution in [2.45, 2.75) is 26.4 Å². The molecule has 0 atom stereocenters. The predicted molar refractivity (Wildman–Crippen MR) is 72.4 cm³/mol. The minimum Gasteiger partial charge on any atom is -0.444 e. The summed E-state index contributed by atoms with van der Waals surface area (Å²) in [7, 11) is 0. The van der Waals surface area contributed by atoms with Crippen LogP contribution < -0.4 is 5.32 Å². The monoisotopic (exact) mass is 282 g/mol. The van der Waals surface area contributed by atoms with Gasteiger partial charge in [-0.05, 0) is 26.8 Å². The standard InChI is InChI=1S/C12H14N4O2.ClH/c1-12(2,3)18-11(17)16-10(14)9-7-15-5-4-8(9)6-13;/h4-5,7H,1-3H3,(H2,14,16,17);1H. The van der Waals surface area contributed by atoms with Crippen LogP contribution in [0.4, 0.5) is 4.79 Å². The fraction of sp³-hybridized carbons (Fsp3) is 0.333. The van der Waals surface area contributed by atoms with Gasteiger partial charge in [-0.25, -0.2) is 4.79 Å². The Hall–Kier alpha value is -2.13. The topological polar surface area (TPSA) is 98.9 Å². The van der Waals surface area contributed by atoms with Crippen molar-refractivity contribution >= 4 is 24.3 Å². The number of alkyl carbamates (subject to hydrolysis) is 1. The maximum atomic E-state index is 11.5. The van der Waals surface area contributed by atoms with Crippen molar-refractivity contribution in [3.05, 3.63) is 29.6 Å². The fourth-order valence-corrected chi connectivity index (χ4v) is 1.16. The summed E-state index contributed by atoms with van der Waals surface area (Å²) < 4.78 is 5.01. The zero-order valence-corrected chi connectivity index (χ0v) is 11.7. The van der Waals surface area contributed by atoms with Crippen molar-refractivity contribution in [1.29, 1.82) is 10.7 Å². The number of hydrogen-bond acceptors (Lipinski definition) is 5. The molecule has 7 heteroatoms. The number of aromatic nitrogens is 1. The molecule has 1 aromatic rings. The SMILES string of the molecule is CC(C)(C)OC(=O)NC(=N)c1cnccc1C#N.Cl. The Labute approximate surface area is 117 Å². The van der Waals surface area contributed by atoms with E-state index in [0.717, 1.165) is 0 Å². The predicted octanol–water partition coefficient (Wildman–Crippen LogP) is 2.23. The number of nitrogens with zero attached hydrogens (tertiary/aromatic N) is 2. The molecule has 0 aromatic carbocycles. The van der Waals surface area contributed by atoms with Crippen LogP contribution in [0.5, 0.6) is 0 Å². The second kappa shape index (κ2) is 6.71. The van der Waals surface area contributed by atoms with Gasteiger partial charge < -0.3 is 4.74 Å². The molecule has 0 spiro atoms. The highest BCUT2D eigenvalue weighted by molar-refractivity contribution is 6.05. The van der Waals surface area contributed by atoms with Crippen LogP contribution in [0.2, 0.25) is 0 Å². The number of ether oxygens (including phenoxy) is 1. The van der Waals surface area contributed by atoms with Gasteiger partial charge in [-0.3, -0.25) is 15.7 Å². The van der Waals surface area contributed by atoms with Gasteiger partial charge in [-0.2, -0.15) is 5.26 Å². The largest absolute Gasteiger partial charge is 0.444 e. The lowest BCUT2D eigenvalue weighted by molar-refractivity contribution is 0.0563. The molecule has 0 fully saturated rings. The van der Waals surface area contributed by atoms with Crippen LogP contribution in [0, 0.1) is 16.7 Å². The molecule has 19 heavy (non-hydrogen) atoms. The third kappa shape index (κ3) is 5.36. The van der Waals surface area contributed by atoms with Crippen molar-refractivity contribution in [3.63, 3.8) is 0 Å². The number of pyridine rings is 1. The first-order valence-corrected chi connectivity index (χ1v) is 5.26. The second-order valence-corrected chi connectivity index (χ2v) is 4.53. The molecule has 0 aliphatic rings. The van der Waals surface area contributed by atoms with E-state index in [4.69, 9.17) is 15.4 Å². The second-order valence-electron chi connectivity index (χ2n) is 4.53. The molecule has 0 aliphatic carbocycles. The van der Waals surface area contributed by atoms with Crippen molar-refractivity contribution in [3.8, 4) is 6.07 Å². The van der Waals surface area contributed by atoms with E-state index in [1.54, 1.807) is 20.8 Å². The van der Waals surface area contributed by atoms with Crippen molar-refractivity contribution in [2.24, 2.45) is 0 Å². The highest BCUT2D eigenvalue weighted by Gasteiger charge is 2.18. The quantitative estimate of drug-likeness (QED) is 0.609. The maximum absolute atomic E-state index is 11.5. The first kappa shape index (κ1) is 16.9. The molecule has 6 nitrogen and oxygen atoms in total. The lowest BCUT2D eigenvalue weighted by Crippen LogP contribution is -2.36. The summed E-state index contributed by atoms with van der Waals surface area (Å²) in [5.74, 6) is -0.214. The van der Waals surface area contributed by atoms with E-state index in [0.29, 0.717) is 0 Å². The summed E-state index contributed by atoms with van der Waals surface area (Å²) in [6.07, 6.45) is 2.06. The summed E-state index contributed by atoms with van der Waals surface area (Å²) in [5.41, 5.74) is -0.117. The van der Waals surface area contributed by atoms with E-state index in [1.165, 1.54) is 18.5 Å². The number of rotatable bonds is 1. The Morgan fingerprint density at radius 1 is 1.53 bits per heavy atom. The molecule has 0 saturated carbocycles. The van der Waals surface area contributed by atoms with Crippen molar-refractivity contribution in [1.82, 2.24) is 10.3 Å². The molecular formula is C12H15ClN4O2. The van der Waals surface area contributed by atoms with Gasteiger partial charge in [0.25, 0.3) is 0 Å². The highest BCUT2D eigenvalue weighted by Crippen LogP contribution is 2.08. The first-order valence-electron chi connectivity index (χ1n) is 5.26. The average Bonchev–Trinajstić information content (AvgIpc) is 2.26. The van der Waals surface area contributed by atoms with Gasteiger partial charge in [0.05, 0.1) is 11.1 Å². The molecule has 1 rings (SSSR count). The minimum atomic E-state index is -0.736. The molecule has 0 saturated heterocycles. The molecule has 0 bridgehead atoms. The summed E-state index contributed by atoms with van der Waals surface area (Å²) in [4.78, 5) is 15.3. The van der Waals surface area contributed by atoms with E-state index in [-0.39, 0.29) is 29.4 Å². The van der Waals surface area contributed by atoms with Crippen LogP contribution in [0.25, 0.3) is 0 Å². The van der Waals surface area contributed by atoms with Crippen LogP contribution in [-0.2, 0) is 4.74 Å². The van der Waals surface area contributed by atoms with E-state index in [2.05, 4.69) is 10.3 Å². The smallest absolute Gasteiger partial charge is 0.413 e. The van der Waals surface area contributed by atoms with Gasteiger partial charge in [0.15, 0.2) is 0 Å². The Bertz CT molecular complexity index is 517. The van der Waals surface area contributed by atoms with Crippen LogP contribution in [0.3, 0.4) is 0 Å². The molecule has 0 aliphatic heterocycles. The number of halogens is 1. The maximum Gasteiger partial charge on any atom is 0.413 e. The number of carbonyl (C=O) groups is 1. The van der Waals surface area contributed by atoms with E-state index < -0.39 is 11.7 Å². The van der Waals surface area contributed by atoms with Gasteiger partial charge in [0.2, 0.25) is 0 Å². The van der Waals surface area contributed by atoms with Crippen molar-refractivity contribution in [2.75, 3.05) is 0 Å². The Morgan fingerprint density at radius 2 is 2.16 bits per heavy atom. The highest BCUT2D eigenvalue weighted by atomic mass is 35.5. The third-order valence-corrected chi connectivity index (χ3v) is 1.84. The van der Waals surface area contributed by atoms with Crippen LogP contribution in [0.1, 0.15) is 31.9 Å². The van der Waals surface area contributed by atoms with Gasteiger partial charge >= 0.3 is 6.09 Å². The van der Waals surface area contributed by atoms with Crippen LogP contribution >= 0.6 is 12.4 Å². The molecular weight excluding hydrogens is 268 g/mol. The summed E-state index contributed by atoms with van der Waals surface area (Å²) in [5, 5.41) is 18.8. The zero-order valence-electron chi connectivity index (χ0n) is 10.9. The number of carbonyl (C=O) groups excluding carboxylic acids is 1. The molecule has 2 N–H and O–H groups in total.